The second kappa shape index (κ2) is 5.54. The average molecular weight is 276 g/mol. The van der Waals surface area contributed by atoms with E-state index in [4.69, 9.17) is 5.84 Å². The maximum Gasteiger partial charge on any atom is 0.273 e. The third-order valence-corrected chi connectivity index (χ3v) is 2.79. The number of aryl methyl sites for hydroxylation is 1. The first-order chi connectivity index (χ1) is 9.51. The molecule has 0 amide bonds. The molecule has 2 aromatic rings. The second-order valence-electron chi connectivity index (χ2n) is 4.23. The molecule has 0 aliphatic carbocycles. The van der Waals surface area contributed by atoms with Crippen LogP contribution >= 0.6 is 0 Å². The van der Waals surface area contributed by atoms with E-state index in [0.717, 1.165) is 0 Å². The minimum Gasteiger partial charge on any atom is -0.353 e. The summed E-state index contributed by atoms with van der Waals surface area (Å²) in [5.41, 5.74) is 3.90. The largest absolute Gasteiger partial charge is 0.353 e. The molecule has 0 aliphatic heterocycles. The Hall–Kier alpha value is -2.67. The number of non-ortho nitro benzene ring substituents is 1. The SMILES string of the molecule is Cc1cccc(F)c1Nc1cc(NN)cc([N+](=O)[O-])c1. The number of halogens is 1. The van der Waals surface area contributed by atoms with Gasteiger partial charge in [0.1, 0.15) is 5.82 Å². The number of benzene rings is 2. The summed E-state index contributed by atoms with van der Waals surface area (Å²) in [6, 6.07) is 8.81. The van der Waals surface area contributed by atoms with Crippen molar-refractivity contribution in [2.75, 3.05) is 10.7 Å². The lowest BCUT2D eigenvalue weighted by molar-refractivity contribution is -0.384. The quantitative estimate of drug-likeness (QED) is 0.453. The number of nitro benzene ring substituents is 1. The highest BCUT2D eigenvalue weighted by atomic mass is 19.1. The molecule has 0 spiro atoms. The number of para-hydroxylation sites is 1. The van der Waals surface area contributed by atoms with Crippen molar-refractivity contribution < 1.29 is 9.31 Å². The van der Waals surface area contributed by atoms with Crippen LogP contribution in [-0.2, 0) is 0 Å². The van der Waals surface area contributed by atoms with Gasteiger partial charge in [0.25, 0.3) is 5.69 Å². The Kier molecular flexibility index (Phi) is 3.81. The summed E-state index contributed by atoms with van der Waals surface area (Å²) in [5.74, 6) is 4.83. The van der Waals surface area contributed by atoms with Crippen LogP contribution in [0.25, 0.3) is 0 Å². The number of nitrogens with one attached hydrogen (secondary N) is 2. The predicted octanol–water partition coefficient (Wildman–Crippen LogP) is 3.07. The summed E-state index contributed by atoms with van der Waals surface area (Å²) in [6.07, 6.45) is 0. The second-order valence-corrected chi connectivity index (χ2v) is 4.23. The maximum atomic E-state index is 13.7. The fraction of sp³-hybridized carbons (Fsp3) is 0.0769. The monoisotopic (exact) mass is 276 g/mol. The van der Waals surface area contributed by atoms with Crippen molar-refractivity contribution in [1.82, 2.24) is 0 Å². The summed E-state index contributed by atoms with van der Waals surface area (Å²) >= 11 is 0. The van der Waals surface area contributed by atoms with Crippen LogP contribution < -0.4 is 16.6 Å². The van der Waals surface area contributed by atoms with Gasteiger partial charge in [-0.05, 0) is 24.6 Å². The number of nitro groups is 1. The summed E-state index contributed by atoms with van der Waals surface area (Å²) in [5, 5.41) is 13.7. The summed E-state index contributed by atoms with van der Waals surface area (Å²) in [7, 11) is 0. The highest BCUT2D eigenvalue weighted by Gasteiger charge is 2.11. The minimum absolute atomic E-state index is 0.142. The van der Waals surface area contributed by atoms with Crippen molar-refractivity contribution in [1.29, 1.82) is 0 Å². The minimum atomic E-state index is -0.541. The Morgan fingerprint density at radius 3 is 2.55 bits per heavy atom. The molecule has 2 rings (SSSR count). The topological polar surface area (TPSA) is 93.2 Å². The van der Waals surface area contributed by atoms with E-state index in [0.29, 0.717) is 16.9 Å². The zero-order chi connectivity index (χ0) is 14.7. The van der Waals surface area contributed by atoms with Crippen LogP contribution in [0, 0.1) is 22.9 Å². The molecule has 0 aromatic heterocycles. The van der Waals surface area contributed by atoms with Gasteiger partial charge in [-0.1, -0.05) is 12.1 Å². The smallest absolute Gasteiger partial charge is 0.273 e. The predicted molar refractivity (Wildman–Crippen MR) is 75.3 cm³/mol. The third-order valence-electron chi connectivity index (χ3n) is 2.79. The molecule has 20 heavy (non-hydrogen) atoms. The van der Waals surface area contributed by atoms with Crippen LogP contribution in [0.2, 0.25) is 0 Å². The fourth-order valence-corrected chi connectivity index (χ4v) is 1.81. The normalized spacial score (nSPS) is 10.2. The number of nitrogens with two attached hydrogens (primary N) is 1. The van der Waals surface area contributed by atoms with E-state index < -0.39 is 10.7 Å². The van der Waals surface area contributed by atoms with Crippen molar-refractivity contribution in [3.8, 4) is 0 Å². The van der Waals surface area contributed by atoms with Crippen molar-refractivity contribution in [3.63, 3.8) is 0 Å². The van der Waals surface area contributed by atoms with Crippen molar-refractivity contribution >= 4 is 22.7 Å². The molecule has 0 aliphatic rings. The number of hydrogen-bond donors (Lipinski definition) is 3. The molecule has 0 unspecified atom stereocenters. The molecule has 0 heterocycles. The van der Waals surface area contributed by atoms with Crippen molar-refractivity contribution in [3.05, 3.63) is 57.9 Å². The molecule has 0 atom stereocenters. The third kappa shape index (κ3) is 2.83. The van der Waals surface area contributed by atoms with E-state index >= 15 is 0 Å². The van der Waals surface area contributed by atoms with Gasteiger partial charge in [0.05, 0.1) is 16.3 Å². The summed E-state index contributed by atoms with van der Waals surface area (Å²) < 4.78 is 13.7. The van der Waals surface area contributed by atoms with Gasteiger partial charge < -0.3 is 10.7 Å². The molecule has 0 bridgehead atoms. The van der Waals surface area contributed by atoms with Gasteiger partial charge in [-0.2, -0.15) is 0 Å². The van der Waals surface area contributed by atoms with E-state index in [2.05, 4.69) is 10.7 Å². The average Bonchev–Trinajstić information content (AvgIpc) is 2.42. The van der Waals surface area contributed by atoms with Crippen LogP contribution in [-0.4, -0.2) is 4.92 Å². The number of rotatable bonds is 4. The first kappa shape index (κ1) is 13.8. The molecule has 0 radical (unpaired) electrons. The van der Waals surface area contributed by atoms with Gasteiger partial charge in [-0.25, -0.2) is 4.39 Å². The van der Waals surface area contributed by atoms with E-state index in [1.54, 1.807) is 25.1 Å². The molecule has 2 aromatic carbocycles. The molecule has 0 fully saturated rings. The van der Waals surface area contributed by atoms with Gasteiger partial charge in [0.2, 0.25) is 0 Å². The van der Waals surface area contributed by atoms with Crippen LogP contribution in [0.4, 0.5) is 27.1 Å². The number of nitrogen functional groups attached to an aromatic ring is 1. The Morgan fingerprint density at radius 2 is 1.95 bits per heavy atom. The highest BCUT2D eigenvalue weighted by Crippen LogP contribution is 2.28. The van der Waals surface area contributed by atoms with Gasteiger partial charge in [0, 0.05) is 17.8 Å². The standard InChI is InChI=1S/C13H13FN4O2/c1-8-3-2-4-12(14)13(8)16-9-5-10(17-15)7-11(6-9)18(19)20/h2-7,16-17H,15H2,1H3. The Morgan fingerprint density at radius 1 is 1.25 bits per heavy atom. The van der Waals surface area contributed by atoms with Gasteiger partial charge in [-0.3, -0.25) is 16.0 Å². The van der Waals surface area contributed by atoms with E-state index in [1.807, 2.05) is 0 Å². The number of hydrogen-bond acceptors (Lipinski definition) is 5. The Labute approximate surface area is 114 Å². The van der Waals surface area contributed by atoms with E-state index in [9.17, 15) is 14.5 Å². The maximum absolute atomic E-state index is 13.7. The molecular weight excluding hydrogens is 263 g/mol. The molecule has 7 heteroatoms. The van der Waals surface area contributed by atoms with Gasteiger partial charge >= 0.3 is 0 Å². The zero-order valence-corrected chi connectivity index (χ0v) is 10.7. The molecule has 104 valence electrons. The van der Waals surface area contributed by atoms with Gasteiger partial charge in [0.15, 0.2) is 0 Å². The number of nitrogens with zero attached hydrogens (tertiary/aromatic N) is 1. The van der Waals surface area contributed by atoms with Crippen LogP contribution in [0.1, 0.15) is 5.56 Å². The van der Waals surface area contributed by atoms with E-state index in [-0.39, 0.29) is 11.4 Å². The molecule has 4 N–H and O–H groups in total. The number of hydrazine groups is 1. The Balaban J connectivity index is 2.43. The summed E-state index contributed by atoms with van der Waals surface area (Å²) in [6.45, 7) is 1.74. The van der Waals surface area contributed by atoms with E-state index in [1.165, 1.54) is 18.2 Å². The van der Waals surface area contributed by atoms with Crippen LogP contribution in [0.5, 0.6) is 0 Å². The lowest BCUT2D eigenvalue weighted by Crippen LogP contribution is -2.07. The van der Waals surface area contributed by atoms with Gasteiger partial charge in [-0.15, -0.1) is 0 Å². The first-order valence-electron chi connectivity index (χ1n) is 5.79. The highest BCUT2D eigenvalue weighted by molar-refractivity contribution is 5.70. The molecule has 0 saturated heterocycles. The number of anilines is 3. The zero-order valence-electron chi connectivity index (χ0n) is 10.7. The lowest BCUT2D eigenvalue weighted by atomic mass is 10.1. The summed E-state index contributed by atoms with van der Waals surface area (Å²) in [4.78, 5) is 10.3. The Bertz CT molecular complexity index is 641. The fourth-order valence-electron chi connectivity index (χ4n) is 1.81. The van der Waals surface area contributed by atoms with Crippen LogP contribution in [0.15, 0.2) is 36.4 Å². The molecule has 6 nitrogen and oxygen atoms in total. The lowest BCUT2D eigenvalue weighted by Gasteiger charge is -2.11. The first-order valence-corrected chi connectivity index (χ1v) is 5.79. The van der Waals surface area contributed by atoms with Crippen LogP contribution in [0.3, 0.4) is 0 Å². The molecular formula is C13H13FN4O2. The van der Waals surface area contributed by atoms with Crippen molar-refractivity contribution in [2.45, 2.75) is 6.92 Å². The van der Waals surface area contributed by atoms with Crippen molar-refractivity contribution in [2.24, 2.45) is 5.84 Å². The molecule has 0 saturated carbocycles.